The van der Waals surface area contributed by atoms with Crippen LogP contribution in [0.25, 0.3) is 0 Å². The van der Waals surface area contributed by atoms with Gasteiger partial charge in [0.25, 0.3) is 5.91 Å². The van der Waals surface area contributed by atoms with Crippen LogP contribution in [0.3, 0.4) is 0 Å². The van der Waals surface area contributed by atoms with Crippen molar-refractivity contribution in [1.29, 1.82) is 0 Å². The van der Waals surface area contributed by atoms with Crippen molar-refractivity contribution in [2.45, 2.75) is 11.4 Å². The molecule has 1 amide bonds. The lowest BCUT2D eigenvalue weighted by molar-refractivity contribution is -0.310. The molecule has 0 spiro atoms. The predicted molar refractivity (Wildman–Crippen MR) is 96.2 cm³/mol. The Morgan fingerprint density at radius 3 is 2.23 bits per heavy atom. The van der Waals surface area contributed by atoms with Crippen LogP contribution in [-0.4, -0.2) is 42.8 Å². The van der Waals surface area contributed by atoms with E-state index in [4.69, 9.17) is 9.47 Å². The van der Waals surface area contributed by atoms with Gasteiger partial charge in [0.05, 0.1) is 26.2 Å². The SMILES string of the molecule is COc1cc(OC)cc(C(=O)N2[C@@H](C(=O)[O-])CS[C@H]2c2ccccc2)c1. The molecule has 0 radical (unpaired) electrons. The van der Waals surface area contributed by atoms with Gasteiger partial charge in [0, 0.05) is 17.4 Å². The number of methoxy groups -OCH3 is 2. The first-order valence-electron chi connectivity index (χ1n) is 7.98. The molecule has 0 aliphatic carbocycles. The Balaban J connectivity index is 2.02. The van der Waals surface area contributed by atoms with E-state index in [9.17, 15) is 14.7 Å². The normalized spacial score (nSPS) is 19.2. The zero-order valence-corrected chi connectivity index (χ0v) is 15.2. The maximum atomic E-state index is 13.2. The summed E-state index contributed by atoms with van der Waals surface area (Å²) in [6.07, 6.45) is 0. The van der Waals surface area contributed by atoms with Crippen LogP contribution in [0.15, 0.2) is 48.5 Å². The summed E-state index contributed by atoms with van der Waals surface area (Å²) < 4.78 is 10.4. The minimum absolute atomic E-state index is 0.273. The Kier molecular flexibility index (Phi) is 5.37. The number of rotatable bonds is 5. The highest BCUT2D eigenvalue weighted by Gasteiger charge is 2.39. The van der Waals surface area contributed by atoms with Crippen molar-refractivity contribution in [2.75, 3.05) is 20.0 Å². The second-order valence-corrected chi connectivity index (χ2v) is 6.86. The van der Waals surface area contributed by atoms with E-state index in [1.807, 2.05) is 30.3 Å². The zero-order valence-electron chi connectivity index (χ0n) is 14.4. The summed E-state index contributed by atoms with van der Waals surface area (Å²) in [5.74, 6) is -0.481. The summed E-state index contributed by atoms with van der Waals surface area (Å²) in [5.41, 5.74) is 1.17. The van der Waals surface area contributed by atoms with E-state index >= 15 is 0 Å². The topological polar surface area (TPSA) is 78.9 Å². The molecule has 3 rings (SSSR count). The molecular weight excluding hydrogens is 354 g/mol. The summed E-state index contributed by atoms with van der Waals surface area (Å²) in [5, 5.41) is 11.2. The minimum Gasteiger partial charge on any atom is -0.548 e. The molecule has 2 aromatic carbocycles. The van der Waals surface area contributed by atoms with Crippen molar-refractivity contribution in [1.82, 2.24) is 4.90 Å². The summed E-state index contributed by atoms with van der Waals surface area (Å²) >= 11 is 1.40. The van der Waals surface area contributed by atoms with Gasteiger partial charge in [-0.3, -0.25) is 4.79 Å². The molecule has 1 fully saturated rings. The van der Waals surface area contributed by atoms with Gasteiger partial charge < -0.3 is 24.3 Å². The number of carbonyl (C=O) groups excluding carboxylic acids is 2. The van der Waals surface area contributed by atoms with Crippen molar-refractivity contribution in [3.05, 3.63) is 59.7 Å². The van der Waals surface area contributed by atoms with Gasteiger partial charge in [0.15, 0.2) is 0 Å². The van der Waals surface area contributed by atoms with Gasteiger partial charge in [-0.25, -0.2) is 0 Å². The number of ether oxygens (including phenoxy) is 2. The number of thioether (sulfide) groups is 1. The Labute approximate surface area is 155 Å². The van der Waals surface area contributed by atoms with E-state index in [1.165, 1.54) is 30.9 Å². The van der Waals surface area contributed by atoms with Crippen molar-refractivity contribution < 1.29 is 24.2 Å². The number of aliphatic carboxylic acids is 1. The quantitative estimate of drug-likeness (QED) is 0.795. The van der Waals surface area contributed by atoms with Crippen LogP contribution >= 0.6 is 11.8 Å². The average Bonchev–Trinajstić information content (AvgIpc) is 3.13. The van der Waals surface area contributed by atoms with Gasteiger partial charge in [-0.15, -0.1) is 11.8 Å². The highest BCUT2D eigenvalue weighted by Crippen LogP contribution is 2.42. The summed E-state index contributed by atoms with van der Waals surface area (Å²) in [4.78, 5) is 26.2. The number of nitrogens with zero attached hydrogens (tertiary/aromatic N) is 1. The molecule has 2 atom stereocenters. The van der Waals surface area contributed by atoms with Crippen LogP contribution in [-0.2, 0) is 4.79 Å². The highest BCUT2D eigenvalue weighted by atomic mass is 32.2. The third-order valence-corrected chi connectivity index (χ3v) is 5.51. The maximum Gasteiger partial charge on any atom is 0.255 e. The lowest BCUT2D eigenvalue weighted by Gasteiger charge is -2.30. The fourth-order valence-corrected chi connectivity index (χ4v) is 4.30. The summed E-state index contributed by atoms with van der Waals surface area (Å²) in [6, 6.07) is 13.1. The van der Waals surface area contributed by atoms with Crippen LogP contribution in [0.2, 0.25) is 0 Å². The molecule has 6 nitrogen and oxygen atoms in total. The van der Waals surface area contributed by atoms with Crippen LogP contribution < -0.4 is 14.6 Å². The van der Waals surface area contributed by atoms with E-state index < -0.39 is 23.3 Å². The molecule has 0 N–H and O–H groups in total. The van der Waals surface area contributed by atoms with Crippen LogP contribution in [0.4, 0.5) is 0 Å². The molecule has 1 saturated heterocycles. The number of benzene rings is 2. The molecule has 1 aliphatic rings. The van der Waals surface area contributed by atoms with E-state index in [2.05, 4.69) is 0 Å². The van der Waals surface area contributed by atoms with Crippen LogP contribution in [0, 0.1) is 0 Å². The lowest BCUT2D eigenvalue weighted by atomic mass is 10.1. The Hall–Kier alpha value is -2.67. The first kappa shape index (κ1) is 18.1. The number of hydrogen-bond donors (Lipinski definition) is 0. The molecule has 1 heterocycles. The molecule has 136 valence electrons. The largest absolute Gasteiger partial charge is 0.548 e. The van der Waals surface area contributed by atoms with E-state index in [0.717, 1.165) is 5.56 Å². The fraction of sp³-hybridized carbons (Fsp3) is 0.263. The lowest BCUT2D eigenvalue weighted by Crippen LogP contribution is -2.49. The number of carboxylic acid groups (broad SMARTS) is 1. The third kappa shape index (κ3) is 3.48. The van der Waals surface area contributed by atoms with Gasteiger partial charge in [-0.2, -0.15) is 0 Å². The first-order chi connectivity index (χ1) is 12.5. The van der Waals surface area contributed by atoms with Gasteiger partial charge in [0.2, 0.25) is 0 Å². The van der Waals surface area contributed by atoms with Gasteiger partial charge in [0.1, 0.15) is 16.9 Å². The molecule has 0 unspecified atom stereocenters. The molecule has 2 aromatic rings. The summed E-state index contributed by atoms with van der Waals surface area (Å²) in [7, 11) is 2.98. The number of amides is 1. The summed E-state index contributed by atoms with van der Waals surface area (Å²) in [6.45, 7) is 0. The molecule has 0 bridgehead atoms. The molecule has 0 saturated carbocycles. The van der Waals surface area contributed by atoms with E-state index in [-0.39, 0.29) is 5.75 Å². The fourth-order valence-electron chi connectivity index (χ4n) is 2.89. The standard InChI is InChI=1S/C19H19NO5S/c1-24-14-8-13(9-15(10-14)25-2)17(21)20-16(19(22)23)11-26-18(20)12-6-4-3-5-7-12/h3-10,16,18H,11H2,1-2H3,(H,22,23)/p-1/t16-,18+/m1/s1. The van der Waals surface area contributed by atoms with Crippen LogP contribution in [0.1, 0.15) is 21.3 Å². The second kappa shape index (κ2) is 7.70. The average molecular weight is 372 g/mol. The monoisotopic (exact) mass is 372 g/mol. The second-order valence-electron chi connectivity index (χ2n) is 5.74. The Morgan fingerprint density at radius 1 is 1.08 bits per heavy atom. The van der Waals surface area contributed by atoms with Gasteiger partial charge in [-0.05, 0) is 17.7 Å². The maximum absolute atomic E-state index is 13.2. The number of carbonyl (C=O) groups is 2. The van der Waals surface area contributed by atoms with Gasteiger partial charge in [-0.1, -0.05) is 30.3 Å². The number of carboxylic acids is 1. The van der Waals surface area contributed by atoms with Crippen LogP contribution in [0.5, 0.6) is 11.5 Å². The molecule has 7 heteroatoms. The third-order valence-electron chi connectivity index (χ3n) is 4.19. The van der Waals surface area contributed by atoms with E-state index in [1.54, 1.807) is 18.2 Å². The van der Waals surface area contributed by atoms with Crippen molar-refractivity contribution in [2.24, 2.45) is 0 Å². The van der Waals surface area contributed by atoms with Crippen molar-refractivity contribution in [3.8, 4) is 11.5 Å². The zero-order chi connectivity index (χ0) is 18.7. The molecular formula is C19H18NO5S-. The molecule has 26 heavy (non-hydrogen) atoms. The first-order valence-corrected chi connectivity index (χ1v) is 9.03. The molecule has 0 aromatic heterocycles. The number of hydrogen-bond acceptors (Lipinski definition) is 6. The smallest absolute Gasteiger partial charge is 0.255 e. The van der Waals surface area contributed by atoms with E-state index in [0.29, 0.717) is 17.1 Å². The van der Waals surface area contributed by atoms with Crippen molar-refractivity contribution in [3.63, 3.8) is 0 Å². The Bertz CT molecular complexity index is 789. The predicted octanol–water partition coefficient (Wildman–Crippen LogP) is 1.71. The van der Waals surface area contributed by atoms with Crippen molar-refractivity contribution >= 4 is 23.6 Å². The minimum atomic E-state index is -1.26. The Morgan fingerprint density at radius 2 is 1.69 bits per heavy atom. The molecule has 1 aliphatic heterocycles. The van der Waals surface area contributed by atoms with Gasteiger partial charge >= 0.3 is 0 Å². The highest BCUT2D eigenvalue weighted by molar-refractivity contribution is 7.99.